The second kappa shape index (κ2) is 8.38. The van der Waals surface area contributed by atoms with Crippen molar-refractivity contribution in [2.24, 2.45) is 0 Å². The van der Waals surface area contributed by atoms with Gasteiger partial charge in [0.15, 0.2) is 0 Å². The maximum Gasteiger partial charge on any atom is 0.326 e. The van der Waals surface area contributed by atoms with Crippen LogP contribution in [-0.2, 0) is 14.4 Å². The lowest BCUT2D eigenvalue weighted by Crippen LogP contribution is -2.47. The van der Waals surface area contributed by atoms with E-state index in [0.29, 0.717) is 5.69 Å². The van der Waals surface area contributed by atoms with Gasteiger partial charge in [-0.15, -0.1) is 11.8 Å². The number of carbonyl (C=O) groups is 3. The minimum Gasteiger partial charge on any atom is -0.480 e. The summed E-state index contributed by atoms with van der Waals surface area (Å²) in [6.07, 6.45) is 1.68. The van der Waals surface area contributed by atoms with Gasteiger partial charge in [-0.2, -0.15) is 0 Å². The van der Waals surface area contributed by atoms with Crippen LogP contribution in [-0.4, -0.2) is 50.9 Å². The van der Waals surface area contributed by atoms with E-state index in [1.807, 2.05) is 31.2 Å². The van der Waals surface area contributed by atoms with Crippen molar-refractivity contribution in [3.8, 4) is 0 Å². The number of anilines is 1. The molecule has 2 N–H and O–H groups in total. The van der Waals surface area contributed by atoms with Gasteiger partial charge in [0.05, 0.1) is 11.0 Å². The highest BCUT2D eigenvalue weighted by atomic mass is 32.2. The minimum absolute atomic E-state index is 0.0167. The van der Waals surface area contributed by atoms with Crippen LogP contribution in [0.5, 0.6) is 0 Å². The summed E-state index contributed by atoms with van der Waals surface area (Å²) in [6, 6.07) is 6.66. The van der Waals surface area contributed by atoms with Crippen LogP contribution in [0, 0.1) is 6.92 Å². The third kappa shape index (κ3) is 5.49. The molecule has 0 aliphatic heterocycles. The summed E-state index contributed by atoms with van der Waals surface area (Å²) < 4.78 is 0. The van der Waals surface area contributed by atoms with Crippen LogP contribution in [0.15, 0.2) is 24.3 Å². The molecule has 1 aliphatic carbocycles. The Bertz CT molecular complexity index is 643. The van der Waals surface area contributed by atoms with Gasteiger partial charge in [0.25, 0.3) is 0 Å². The van der Waals surface area contributed by atoms with Gasteiger partial charge in [0, 0.05) is 11.7 Å². The van der Waals surface area contributed by atoms with Gasteiger partial charge in [0.1, 0.15) is 6.04 Å². The molecule has 0 aromatic heterocycles. The molecule has 7 heteroatoms. The van der Waals surface area contributed by atoms with E-state index >= 15 is 0 Å². The molecule has 0 saturated heterocycles. The van der Waals surface area contributed by atoms with Crippen molar-refractivity contribution >= 4 is 35.2 Å². The monoisotopic (exact) mass is 364 g/mol. The van der Waals surface area contributed by atoms with Crippen molar-refractivity contribution < 1.29 is 19.5 Å². The Kier molecular flexibility index (Phi) is 6.47. The van der Waals surface area contributed by atoms with Crippen LogP contribution in [0.25, 0.3) is 0 Å². The molecule has 0 spiro atoms. The largest absolute Gasteiger partial charge is 0.480 e. The molecular weight excluding hydrogens is 340 g/mol. The molecule has 1 saturated carbocycles. The number of aliphatic carboxylic acids is 1. The first-order chi connectivity index (χ1) is 11.8. The van der Waals surface area contributed by atoms with Gasteiger partial charge in [-0.1, -0.05) is 17.7 Å². The molecule has 2 atom stereocenters. The van der Waals surface area contributed by atoms with Gasteiger partial charge < -0.3 is 15.3 Å². The maximum absolute atomic E-state index is 12.6. The molecule has 0 bridgehead atoms. The van der Waals surface area contributed by atoms with E-state index < -0.39 is 17.3 Å². The summed E-state index contributed by atoms with van der Waals surface area (Å²) in [5.41, 5.74) is 1.83. The van der Waals surface area contributed by atoms with Gasteiger partial charge >= 0.3 is 5.97 Å². The topological polar surface area (TPSA) is 86.7 Å². The predicted molar refractivity (Wildman–Crippen MR) is 98.7 cm³/mol. The highest BCUT2D eigenvalue weighted by molar-refractivity contribution is 8.01. The van der Waals surface area contributed by atoms with Gasteiger partial charge in [-0.05, 0) is 45.7 Å². The zero-order valence-electron chi connectivity index (χ0n) is 14.7. The first kappa shape index (κ1) is 19.3. The number of carboxylic acids is 1. The van der Waals surface area contributed by atoms with E-state index in [-0.39, 0.29) is 23.6 Å². The number of amides is 2. The van der Waals surface area contributed by atoms with Crippen LogP contribution < -0.4 is 5.32 Å². The Morgan fingerprint density at radius 1 is 1.24 bits per heavy atom. The summed E-state index contributed by atoms with van der Waals surface area (Å²) in [4.78, 5) is 37.3. The third-order valence-corrected chi connectivity index (χ3v) is 5.25. The van der Waals surface area contributed by atoms with Gasteiger partial charge in [0.2, 0.25) is 11.8 Å². The average molecular weight is 364 g/mol. The van der Waals surface area contributed by atoms with E-state index in [2.05, 4.69) is 5.32 Å². The summed E-state index contributed by atoms with van der Waals surface area (Å²) in [6.45, 7) is 5.22. The molecule has 1 aromatic carbocycles. The van der Waals surface area contributed by atoms with Crippen LogP contribution in [0.4, 0.5) is 5.69 Å². The zero-order chi connectivity index (χ0) is 18.6. The van der Waals surface area contributed by atoms with Crippen molar-refractivity contribution in [2.45, 2.75) is 50.9 Å². The SMILES string of the molecule is Cc1ccc(NC(=O)CSC(C)C(=O)N(C2CC2)C(C)C(=O)O)cc1. The molecular formula is C18H24N2O4S. The Balaban J connectivity index is 1.86. The van der Waals surface area contributed by atoms with Gasteiger partial charge in [-0.3, -0.25) is 9.59 Å². The number of carbonyl (C=O) groups excluding carboxylic acids is 2. The molecule has 136 valence electrons. The summed E-state index contributed by atoms with van der Waals surface area (Å²) in [5, 5.41) is 11.5. The van der Waals surface area contributed by atoms with Crippen molar-refractivity contribution in [3.63, 3.8) is 0 Å². The normalized spacial score (nSPS) is 16.0. The summed E-state index contributed by atoms with van der Waals surface area (Å²) >= 11 is 1.22. The maximum atomic E-state index is 12.6. The van der Waals surface area contributed by atoms with Crippen molar-refractivity contribution in [3.05, 3.63) is 29.8 Å². The fourth-order valence-electron chi connectivity index (χ4n) is 2.47. The second-order valence-electron chi connectivity index (χ2n) is 6.36. The van der Waals surface area contributed by atoms with Crippen molar-refractivity contribution in [2.75, 3.05) is 11.1 Å². The number of thioether (sulfide) groups is 1. The van der Waals surface area contributed by atoms with Crippen molar-refractivity contribution in [1.29, 1.82) is 0 Å². The molecule has 1 aromatic rings. The third-order valence-electron chi connectivity index (χ3n) is 4.12. The molecule has 25 heavy (non-hydrogen) atoms. The zero-order valence-corrected chi connectivity index (χ0v) is 15.5. The van der Waals surface area contributed by atoms with E-state index in [1.54, 1.807) is 6.92 Å². The molecule has 0 radical (unpaired) electrons. The number of hydrogen-bond donors (Lipinski definition) is 2. The Labute approximate surface area is 152 Å². The molecule has 6 nitrogen and oxygen atoms in total. The van der Waals surface area contributed by atoms with Gasteiger partial charge in [-0.25, -0.2) is 4.79 Å². The van der Waals surface area contributed by atoms with E-state index in [9.17, 15) is 19.5 Å². The lowest BCUT2D eigenvalue weighted by Gasteiger charge is -2.29. The second-order valence-corrected chi connectivity index (χ2v) is 7.69. The first-order valence-electron chi connectivity index (χ1n) is 8.32. The molecule has 1 aliphatic rings. The van der Waals surface area contributed by atoms with E-state index in [1.165, 1.54) is 23.6 Å². The molecule has 2 unspecified atom stereocenters. The molecule has 2 rings (SSSR count). The molecule has 0 heterocycles. The summed E-state index contributed by atoms with van der Waals surface area (Å²) in [5.74, 6) is -1.27. The number of aryl methyl sites for hydroxylation is 1. The number of hydrogen-bond acceptors (Lipinski definition) is 4. The van der Waals surface area contributed by atoms with Crippen LogP contribution in [0.3, 0.4) is 0 Å². The van der Waals surface area contributed by atoms with Crippen LogP contribution in [0.2, 0.25) is 0 Å². The van der Waals surface area contributed by atoms with Crippen LogP contribution in [0.1, 0.15) is 32.3 Å². The van der Waals surface area contributed by atoms with Crippen molar-refractivity contribution in [1.82, 2.24) is 4.90 Å². The standard InChI is InChI=1S/C18H24N2O4S/c1-11-4-6-14(7-5-11)19-16(21)10-25-13(3)17(22)20(15-8-9-15)12(2)18(23)24/h4-7,12-13,15H,8-10H2,1-3H3,(H,19,21)(H,23,24). The molecule has 1 fully saturated rings. The number of rotatable bonds is 8. The minimum atomic E-state index is -1.01. The fraction of sp³-hybridized carbons (Fsp3) is 0.500. The number of nitrogens with one attached hydrogen (secondary N) is 1. The average Bonchev–Trinajstić information content (AvgIpc) is 3.39. The number of carboxylic acid groups (broad SMARTS) is 1. The number of nitrogens with zero attached hydrogens (tertiary/aromatic N) is 1. The fourth-order valence-corrected chi connectivity index (χ4v) is 3.21. The predicted octanol–water partition coefficient (Wildman–Crippen LogP) is 2.52. The lowest BCUT2D eigenvalue weighted by atomic mass is 10.2. The first-order valence-corrected chi connectivity index (χ1v) is 9.37. The quantitative estimate of drug-likeness (QED) is 0.740. The number of benzene rings is 1. The summed E-state index contributed by atoms with van der Waals surface area (Å²) in [7, 11) is 0. The Hall–Kier alpha value is -2.02. The van der Waals surface area contributed by atoms with E-state index in [4.69, 9.17) is 0 Å². The highest BCUT2D eigenvalue weighted by Crippen LogP contribution is 2.31. The molecule has 2 amide bonds. The van der Waals surface area contributed by atoms with E-state index in [0.717, 1.165) is 18.4 Å². The highest BCUT2D eigenvalue weighted by Gasteiger charge is 2.40. The Morgan fingerprint density at radius 2 is 1.84 bits per heavy atom. The lowest BCUT2D eigenvalue weighted by molar-refractivity contribution is -0.149. The van der Waals surface area contributed by atoms with Crippen LogP contribution >= 0.6 is 11.8 Å². The smallest absolute Gasteiger partial charge is 0.326 e. The Morgan fingerprint density at radius 3 is 2.36 bits per heavy atom.